The van der Waals surface area contributed by atoms with Gasteiger partial charge in [0.15, 0.2) is 6.54 Å². The first-order valence-corrected chi connectivity index (χ1v) is 8.96. The lowest BCUT2D eigenvalue weighted by Crippen LogP contribution is -3.15. The van der Waals surface area contributed by atoms with Crippen LogP contribution in [-0.4, -0.2) is 25.5 Å². The molecule has 1 aromatic rings. The van der Waals surface area contributed by atoms with Gasteiger partial charge in [-0.05, 0) is 37.3 Å². The van der Waals surface area contributed by atoms with Gasteiger partial charge in [0, 0.05) is 5.92 Å². The van der Waals surface area contributed by atoms with Crippen molar-refractivity contribution in [1.82, 2.24) is 0 Å². The minimum Gasteiger partial charge on any atom is -0.327 e. The summed E-state index contributed by atoms with van der Waals surface area (Å²) in [4.78, 5) is 13.7. The van der Waals surface area contributed by atoms with E-state index in [9.17, 15) is 4.79 Å². The van der Waals surface area contributed by atoms with E-state index in [1.807, 2.05) is 0 Å². The molecule has 0 aromatic heterocycles. The Bertz CT molecular complexity index is 549. The molecule has 2 fully saturated rings. The number of hydrogen-bond acceptors (Lipinski definition) is 1. The molecule has 1 aromatic carbocycles. The summed E-state index contributed by atoms with van der Waals surface area (Å²) in [7, 11) is 0. The topological polar surface area (TPSA) is 33.5 Å². The monoisotopic (exact) mass is 341 g/mol. The number of carbonyl (C=O) groups excluding carboxylic acids is 1. The minimum atomic E-state index is 0.0217. The predicted octanol–water partition coefficient (Wildman–Crippen LogP) is 3.03. The van der Waals surface area contributed by atoms with Crippen LogP contribution in [0.2, 0.25) is 10.0 Å². The molecule has 2 N–H and O–H groups in total. The molecule has 5 heteroatoms. The highest BCUT2D eigenvalue weighted by Gasteiger charge is 2.34. The molecule has 3 rings (SSSR count). The summed E-state index contributed by atoms with van der Waals surface area (Å²) in [5.41, 5.74) is 0.603. The fourth-order valence-corrected chi connectivity index (χ4v) is 4.33. The van der Waals surface area contributed by atoms with Gasteiger partial charge in [0.25, 0.3) is 5.91 Å². The molecule has 1 heterocycles. The number of benzene rings is 1. The molecule has 1 aliphatic carbocycles. The van der Waals surface area contributed by atoms with Crippen molar-refractivity contribution in [3.8, 4) is 0 Å². The van der Waals surface area contributed by atoms with Crippen molar-refractivity contribution in [3.05, 3.63) is 28.2 Å². The molecule has 2 aliphatic rings. The quantitative estimate of drug-likeness (QED) is 0.870. The van der Waals surface area contributed by atoms with Gasteiger partial charge >= 0.3 is 0 Å². The first-order chi connectivity index (χ1) is 10.6. The van der Waals surface area contributed by atoms with Gasteiger partial charge in [-0.25, -0.2) is 0 Å². The van der Waals surface area contributed by atoms with E-state index in [-0.39, 0.29) is 5.91 Å². The third kappa shape index (κ3) is 3.76. The molecule has 3 nitrogen and oxygen atoms in total. The Morgan fingerprint density at radius 3 is 2.77 bits per heavy atom. The number of piperidine rings is 1. The third-order valence-electron chi connectivity index (χ3n) is 5.12. The average Bonchev–Trinajstić information content (AvgIpc) is 2.52. The normalized spacial score (nSPS) is 28.0. The second-order valence-corrected chi connectivity index (χ2v) is 7.41. The zero-order chi connectivity index (χ0) is 15.5. The second kappa shape index (κ2) is 7.20. The van der Waals surface area contributed by atoms with Crippen LogP contribution in [0.5, 0.6) is 0 Å². The van der Waals surface area contributed by atoms with Crippen LogP contribution in [0, 0.1) is 11.8 Å². The van der Waals surface area contributed by atoms with Crippen molar-refractivity contribution in [3.63, 3.8) is 0 Å². The average molecular weight is 342 g/mol. The van der Waals surface area contributed by atoms with Crippen LogP contribution >= 0.6 is 23.2 Å². The summed E-state index contributed by atoms with van der Waals surface area (Å²) in [6.07, 6.45) is 6.76. The Kier molecular flexibility index (Phi) is 5.27. The smallest absolute Gasteiger partial charge is 0.279 e. The van der Waals surface area contributed by atoms with Gasteiger partial charge in [0.2, 0.25) is 0 Å². The van der Waals surface area contributed by atoms with Crippen LogP contribution in [-0.2, 0) is 4.79 Å². The van der Waals surface area contributed by atoms with Gasteiger partial charge in [-0.15, -0.1) is 0 Å². The highest BCUT2D eigenvalue weighted by molar-refractivity contribution is 6.43. The number of hydrogen-bond donors (Lipinski definition) is 2. The van der Waals surface area contributed by atoms with Gasteiger partial charge in [0.1, 0.15) is 0 Å². The zero-order valence-electron chi connectivity index (χ0n) is 12.7. The summed E-state index contributed by atoms with van der Waals surface area (Å²) < 4.78 is 0. The molecule has 120 valence electrons. The molecule has 0 radical (unpaired) electrons. The van der Waals surface area contributed by atoms with E-state index in [2.05, 4.69) is 5.32 Å². The minimum absolute atomic E-state index is 0.0217. The first-order valence-electron chi connectivity index (χ1n) is 8.21. The second-order valence-electron chi connectivity index (χ2n) is 6.62. The van der Waals surface area contributed by atoms with Gasteiger partial charge < -0.3 is 10.2 Å². The molecular formula is C17H23Cl2N2O+. The van der Waals surface area contributed by atoms with E-state index in [0.717, 1.165) is 24.9 Å². The van der Waals surface area contributed by atoms with Gasteiger partial charge in [0.05, 0.1) is 28.8 Å². The van der Waals surface area contributed by atoms with Crippen LogP contribution in [0.1, 0.15) is 32.1 Å². The van der Waals surface area contributed by atoms with Crippen molar-refractivity contribution >= 4 is 34.8 Å². The van der Waals surface area contributed by atoms with Gasteiger partial charge in [-0.2, -0.15) is 0 Å². The highest BCUT2D eigenvalue weighted by atomic mass is 35.5. The van der Waals surface area contributed by atoms with Crippen LogP contribution in [0.15, 0.2) is 18.2 Å². The maximum Gasteiger partial charge on any atom is 0.279 e. The van der Waals surface area contributed by atoms with E-state index in [0.29, 0.717) is 22.3 Å². The summed E-state index contributed by atoms with van der Waals surface area (Å²) in [6.45, 7) is 2.77. The maximum atomic E-state index is 12.3. The maximum absolute atomic E-state index is 12.3. The van der Waals surface area contributed by atoms with Crippen molar-refractivity contribution < 1.29 is 9.69 Å². The molecule has 0 spiro atoms. The Morgan fingerprint density at radius 2 is 1.95 bits per heavy atom. The third-order valence-corrected chi connectivity index (χ3v) is 5.94. The standard InChI is InChI=1S/C17H22Cl2N2O/c18-14-6-3-7-15(17(14)19)20-16(22)11-21-9-8-12-4-1-2-5-13(12)10-21/h3,6-7,12-13H,1-2,4-5,8-11H2,(H,20,22)/p+1/t12-,13-/m1/s1. The molecule has 1 aliphatic heterocycles. The van der Waals surface area contributed by atoms with Crippen LogP contribution in [0.25, 0.3) is 0 Å². The van der Waals surface area contributed by atoms with E-state index in [4.69, 9.17) is 23.2 Å². The van der Waals surface area contributed by atoms with Crippen LogP contribution in [0.4, 0.5) is 5.69 Å². The number of carbonyl (C=O) groups is 1. The SMILES string of the molecule is O=C(C[NH+]1CC[C@H]2CCCC[C@@H]2C1)Nc1cccc(Cl)c1Cl. The zero-order valence-corrected chi connectivity index (χ0v) is 14.2. The highest BCUT2D eigenvalue weighted by Crippen LogP contribution is 2.32. The van der Waals surface area contributed by atoms with Crippen molar-refractivity contribution in [1.29, 1.82) is 0 Å². The number of fused-ring (bicyclic) bond motifs is 1. The molecule has 1 unspecified atom stereocenters. The first kappa shape index (κ1) is 16.1. The Hall–Kier alpha value is -0.770. The fourth-order valence-electron chi connectivity index (χ4n) is 3.98. The van der Waals surface area contributed by atoms with Crippen LogP contribution < -0.4 is 10.2 Å². The molecule has 1 amide bonds. The number of rotatable bonds is 3. The molecule has 0 bridgehead atoms. The number of nitrogens with one attached hydrogen (secondary N) is 2. The Morgan fingerprint density at radius 1 is 1.18 bits per heavy atom. The predicted molar refractivity (Wildman–Crippen MR) is 90.7 cm³/mol. The van der Waals surface area contributed by atoms with Gasteiger partial charge in [-0.1, -0.05) is 42.1 Å². The van der Waals surface area contributed by atoms with Crippen molar-refractivity contribution in [2.45, 2.75) is 32.1 Å². The summed E-state index contributed by atoms with van der Waals surface area (Å²) in [5, 5.41) is 3.78. The fraction of sp³-hybridized carbons (Fsp3) is 0.588. The number of likely N-dealkylation sites (tertiary alicyclic amines) is 1. The summed E-state index contributed by atoms with van der Waals surface area (Å²) >= 11 is 12.1. The summed E-state index contributed by atoms with van der Waals surface area (Å²) in [5.74, 6) is 1.75. The van der Waals surface area contributed by atoms with E-state index < -0.39 is 0 Å². The molecule has 22 heavy (non-hydrogen) atoms. The Labute approximate surface area is 142 Å². The molecular weight excluding hydrogens is 319 g/mol. The Balaban J connectivity index is 1.54. The number of amides is 1. The van der Waals surface area contributed by atoms with Crippen molar-refractivity contribution in [2.24, 2.45) is 11.8 Å². The number of anilines is 1. The molecule has 1 saturated carbocycles. The largest absolute Gasteiger partial charge is 0.327 e. The van der Waals surface area contributed by atoms with E-state index in [1.54, 1.807) is 18.2 Å². The molecule has 1 saturated heterocycles. The number of quaternary nitrogens is 1. The van der Waals surface area contributed by atoms with Crippen molar-refractivity contribution in [2.75, 3.05) is 25.0 Å². The lowest BCUT2D eigenvalue weighted by Gasteiger charge is -2.38. The van der Waals surface area contributed by atoms with Gasteiger partial charge in [-0.3, -0.25) is 4.79 Å². The van der Waals surface area contributed by atoms with E-state index in [1.165, 1.54) is 37.0 Å². The lowest BCUT2D eigenvalue weighted by molar-refractivity contribution is -0.902. The van der Waals surface area contributed by atoms with E-state index >= 15 is 0 Å². The lowest BCUT2D eigenvalue weighted by atomic mass is 9.75. The van der Waals surface area contributed by atoms with Crippen LogP contribution in [0.3, 0.4) is 0 Å². The summed E-state index contributed by atoms with van der Waals surface area (Å²) in [6, 6.07) is 5.30. The molecule has 3 atom stereocenters. The number of halogens is 2.